The number of rotatable bonds is 13. The predicted molar refractivity (Wildman–Crippen MR) is 423 cm³/mol. The van der Waals surface area contributed by atoms with Gasteiger partial charge in [0.1, 0.15) is 35.5 Å². The maximum atomic E-state index is 13.5. The SMILES string of the molecule is CC(C)(C)c1nc2ccc(Cl)c(S(=O)(=O)C3CCOC3)c2o1.[2H]C([2H])([2H])C1(S(=O)(=O)c2c(Cl)ccc(N)c2O)CCOC1.[2H]C([2H])([2H])C1(S(=O)(=O)c2c(Cl)ccc(NC(=O)C(C)(C)C)c2O)CCOC1.[2H]C([2H])([2H])C1(S(=O)(=O)c2c(Cl)ccc(NC(=O)OC(C)C)c2O)CCOC1.[2H]C([2H])([2H])C1(S(=O)(=O)c2c(Cl)ccc3nc(C(C)(C)C)oc23)CCOC1. The average Bonchev–Trinajstić information content (AvgIpc) is 1.68. The molecule has 12 rings (SSSR count). The van der Waals surface area contributed by atoms with Crippen molar-refractivity contribution in [1.29, 1.82) is 0 Å². The topological polar surface area (TPSA) is 423 Å². The highest BCUT2D eigenvalue weighted by Gasteiger charge is 2.51. The number of aromatic nitrogens is 2. The Balaban J connectivity index is 0.000000191. The summed E-state index contributed by atoms with van der Waals surface area (Å²) in [6, 6.07) is 13.4. The number of hydrogen-bond acceptors (Lipinski definition) is 26. The zero-order chi connectivity index (χ0) is 93.2. The number of hydrogen-bond donors (Lipinski definition) is 6. The molecule has 5 aliphatic rings. The summed E-state index contributed by atoms with van der Waals surface area (Å²) < 4.78 is 257. The summed E-state index contributed by atoms with van der Waals surface area (Å²) >= 11 is 30.3. The van der Waals surface area contributed by atoms with Gasteiger partial charge in [0.25, 0.3) is 0 Å². The molecule has 0 aliphatic carbocycles. The molecule has 28 nitrogen and oxygen atoms in total. The van der Waals surface area contributed by atoms with E-state index >= 15 is 0 Å². The van der Waals surface area contributed by atoms with E-state index in [2.05, 4.69) is 20.6 Å². The molecular weight excluding hydrogens is 1650 g/mol. The van der Waals surface area contributed by atoms with Gasteiger partial charge in [-0.05, 0) is 134 Å². The van der Waals surface area contributed by atoms with Gasteiger partial charge in [-0.3, -0.25) is 10.1 Å². The smallest absolute Gasteiger partial charge is 0.411 e. The van der Waals surface area contributed by atoms with Crippen molar-refractivity contribution in [3.8, 4) is 17.2 Å². The molecule has 2 aromatic heterocycles. The first kappa shape index (κ1) is 73.8. The molecule has 0 bridgehead atoms. The van der Waals surface area contributed by atoms with Crippen LogP contribution in [0.5, 0.6) is 17.2 Å². The second-order valence-corrected chi connectivity index (χ2v) is 42.8. The molecule has 38 heteroatoms. The number of phenolic OH excluding ortho intramolecular Hbond substituents is 3. The van der Waals surface area contributed by atoms with Crippen LogP contribution in [0.25, 0.3) is 22.2 Å². The van der Waals surface area contributed by atoms with Crippen LogP contribution in [0.4, 0.5) is 21.9 Å². The van der Waals surface area contributed by atoms with Gasteiger partial charge in [-0.15, -0.1) is 0 Å². The van der Waals surface area contributed by atoms with Gasteiger partial charge in [-0.25, -0.2) is 56.9 Å². The summed E-state index contributed by atoms with van der Waals surface area (Å²) in [5, 5.41) is 34.1. The quantitative estimate of drug-likeness (QED) is 0.0461. The van der Waals surface area contributed by atoms with Gasteiger partial charge in [0.15, 0.2) is 77.6 Å². The van der Waals surface area contributed by atoms with Crippen LogP contribution in [-0.2, 0) is 93.2 Å². The number of carbonyl (C=O) groups excluding carboxylic acids is 2. The Morgan fingerprint density at radius 3 is 1.19 bits per heavy atom. The van der Waals surface area contributed by atoms with E-state index in [1.54, 1.807) is 52.8 Å². The van der Waals surface area contributed by atoms with Crippen LogP contribution < -0.4 is 16.4 Å². The minimum absolute atomic E-state index is 0.00167. The summed E-state index contributed by atoms with van der Waals surface area (Å²) in [7, 11) is -21.8. The number of oxazole rings is 2. The molecule has 111 heavy (non-hydrogen) atoms. The molecule has 7 aromatic rings. The maximum absolute atomic E-state index is 13.5. The third-order valence-electron chi connectivity index (χ3n) is 17.7. The van der Waals surface area contributed by atoms with Crippen molar-refractivity contribution in [3.05, 3.63) is 97.6 Å². The molecule has 5 fully saturated rings. The lowest BCUT2D eigenvalue weighted by Gasteiger charge is -2.24. The second-order valence-electron chi connectivity index (χ2n) is 29.9. The van der Waals surface area contributed by atoms with Crippen molar-refractivity contribution in [2.24, 2.45) is 5.41 Å². The molecular formula is C73H94Cl5N5O23S5. The minimum Gasteiger partial charge on any atom is -0.504 e. The Bertz CT molecular complexity index is 5750. The highest BCUT2D eigenvalue weighted by molar-refractivity contribution is 7.94. The lowest BCUT2D eigenvalue weighted by Crippen LogP contribution is -2.36. The molecule has 0 spiro atoms. The van der Waals surface area contributed by atoms with Crippen molar-refractivity contribution in [1.82, 2.24) is 9.97 Å². The molecule has 5 saturated heterocycles. The number of phenols is 3. The fourth-order valence-corrected chi connectivity index (χ4v) is 21.8. The normalized spacial score (nSPS) is 23.9. The first-order valence-electron chi connectivity index (χ1n) is 39.9. The minimum atomic E-state index is -4.66. The summed E-state index contributed by atoms with van der Waals surface area (Å²) in [6.45, 7) is 6.80. The standard InChI is InChI=1S/C16H22ClNO5S.C16H20ClNO4S.C15H20ClNO6S.C15H18ClNO4S.C11H14ClNO4S/c1-15(2,3)14(20)18-11-6-5-10(17)13(12(11)19)24(21,22)16(4)7-8-23-9-16;1-15(2,3)14-18-11-6-5-10(17)13(12(11)22-14)23(19,20)16(4)7-8-21-9-16;1-9(2)23-14(19)17-11-5-4-10(16)13(12(11)18)24(20,21)15(3)6-7-22-8-15;1-15(2,3)14-17-11-5-4-10(16)13(12(11)21-14)22(18,19)9-6-7-20-8-9;1-11(4-5-17-6-11)18(15,16)10-7(12)2-3-8(13)9(10)14/h5-6,19H,7-9H2,1-4H3,(H,18,20);5-6H,7-9H2,1-4H3;4-5,9,18H,6-8H2,1-3H3,(H,17,19);4-5,9H,6-8H2,1-3H3;2-3,14H,4-6,13H2,1H3/i2*4D3;3D3;;1D3. The van der Waals surface area contributed by atoms with Crippen LogP contribution >= 0.6 is 58.0 Å². The lowest BCUT2D eigenvalue weighted by atomic mass is 9.95. The van der Waals surface area contributed by atoms with E-state index in [4.69, 9.17) is 117 Å². The summed E-state index contributed by atoms with van der Waals surface area (Å²) in [6.07, 6.45) is -1.79. The number of sulfone groups is 5. The van der Waals surface area contributed by atoms with Crippen molar-refractivity contribution < 1.29 is 121 Å². The van der Waals surface area contributed by atoms with E-state index in [0.717, 1.165) is 6.07 Å². The number of halogens is 5. The lowest BCUT2D eigenvalue weighted by molar-refractivity contribution is -0.123. The van der Waals surface area contributed by atoms with Crippen LogP contribution in [-0.4, -0.2) is 176 Å². The molecule has 2 amide bonds. The van der Waals surface area contributed by atoms with Crippen molar-refractivity contribution >= 4 is 158 Å². The van der Waals surface area contributed by atoms with Gasteiger partial charge in [0, 0.05) is 65.7 Å². The van der Waals surface area contributed by atoms with Gasteiger partial charge in [-0.1, -0.05) is 120 Å². The number of anilines is 3. The van der Waals surface area contributed by atoms with Crippen LogP contribution in [0.1, 0.15) is 164 Å². The largest absolute Gasteiger partial charge is 0.504 e. The number of nitrogen functional groups attached to an aromatic ring is 1. The predicted octanol–water partition coefficient (Wildman–Crippen LogP) is 14.6. The van der Waals surface area contributed by atoms with Gasteiger partial charge >= 0.3 is 6.09 Å². The third-order valence-corrected chi connectivity index (χ3v) is 31.2. The van der Waals surface area contributed by atoms with E-state index < -0.39 is 188 Å². The molecule has 5 unspecified atom stereocenters. The van der Waals surface area contributed by atoms with Crippen molar-refractivity contribution in [3.63, 3.8) is 0 Å². The zero-order valence-corrected chi connectivity index (χ0v) is 69.8. The van der Waals surface area contributed by atoms with E-state index in [0.29, 0.717) is 35.8 Å². The first-order chi connectivity index (χ1) is 56.0. The Hall–Kier alpha value is -6.02. The molecule has 614 valence electrons. The molecule has 7 N–H and O–H groups in total. The third kappa shape index (κ3) is 18.8. The Morgan fingerprint density at radius 1 is 0.505 bits per heavy atom. The highest BCUT2D eigenvalue weighted by Crippen LogP contribution is 2.48. The fraction of sp³-hybridized carbons (Fsp3) is 0.534. The average molecular weight is 1760 g/mol. The van der Waals surface area contributed by atoms with E-state index in [9.17, 15) is 67.0 Å². The first-order valence-corrected chi connectivity index (χ1v) is 43.3. The number of aromatic hydroxyl groups is 3. The number of carbonyl (C=O) groups is 2. The number of nitrogens with one attached hydrogen (secondary N) is 2. The number of benzene rings is 5. The summed E-state index contributed by atoms with van der Waals surface area (Å²) in [4.78, 5) is 30.3. The Labute approximate surface area is 688 Å². The fourth-order valence-electron chi connectivity index (χ4n) is 11.1. The number of nitrogens with two attached hydrogens (primary N) is 1. The van der Waals surface area contributed by atoms with E-state index in [1.807, 2.05) is 41.5 Å². The maximum Gasteiger partial charge on any atom is 0.411 e. The monoisotopic (exact) mass is 1760 g/mol. The zero-order valence-electron chi connectivity index (χ0n) is 73.9. The summed E-state index contributed by atoms with van der Waals surface area (Å²) in [5.41, 5.74) is 4.33. The van der Waals surface area contributed by atoms with Crippen LogP contribution in [0.3, 0.4) is 0 Å². The molecule has 0 saturated carbocycles. The summed E-state index contributed by atoms with van der Waals surface area (Å²) in [5.74, 6) is -2.02. The number of fused-ring (bicyclic) bond motifs is 2. The van der Waals surface area contributed by atoms with E-state index in [-0.39, 0.29) is 127 Å². The number of amides is 2. The van der Waals surface area contributed by atoms with E-state index in [1.165, 1.54) is 36.4 Å². The van der Waals surface area contributed by atoms with Gasteiger partial charge < -0.3 is 63.6 Å². The van der Waals surface area contributed by atoms with Crippen molar-refractivity contribution in [2.75, 3.05) is 82.4 Å². The number of ether oxygens (including phenoxy) is 6. The number of nitrogens with zero attached hydrogens (tertiary/aromatic N) is 2. The Kier molecular flexibility index (Phi) is 22.4. The molecule has 7 heterocycles. The van der Waals surface area contributed by atoms with Crippen LogP contribution in [0, 0.1) is 5.41 Å². The molecule has 5 aromatic carbocycles. The second kappa shape index (κ2) is 33.7. The molecule has 0 radical (unpaired) electrons. The van der Waals surface area contributed by atoms with Gasteiger partial charge in [0.05, 0.1) is 106 Å². The molecule has 5 atom stereocenters. The van der Waals surface area contributed by atoms with Gasteiger partial charge in [-0.2, -0.15) is 0 Å². The van der Waals surface area contributed by atoms with Gasteiger partial charge in [0.2, 0.25) is 17.7 Å². The highest BCUT2D eigenvalue weighted by atomic mass is 35.5. The van der Waals surface area contributed by atoms with Crippen molar-refractivity contribution in [2.45, 2.75) is 201 Å². The van der Waals surface area contributed by atoms with Crippen LogP contribution in [0.15, 0.2) is 94.0 Å². The Morgan fingerprint density at radius 2 is 0.847 bits per heavy atom. The molecule has 5 aliphatic heterocycles. The van der Waals surface area contributed by atoms with Crippen LogP contribution in [0.2, 0.25) is 25.1 Å².